The number of rotatable bonds is 5. The molecule has 0 saturated carbocycles. The number of aromatic nitrogens is 1. The lowest BCUT2D eigenvalue weighted by atomic mass is 10.1. The first-order chi connectivity index (χ1) is 10.3. The van der Waals surface area contributed by atoms with Crippen molar-refractivity contribution in [3.05, 3.63) is 29.0 Å². The number of hydrogen-bond acceptors (Lipinski definition) is 4. The van der Waals surface area contributed by atoms with Crippen molar-refractivity contribution in [2.45, 2.75) is 44.3 Å². The smallest absolute Gasteiger partial charge is 0.0634 e. The van der Waals surface area contributed by atoms with E-state index in [0.717, 1.165) is 37.6 Å². The highest BCUT2D eigenvalue weighted by Crippen LogP contribution is 2.26. The third-order valence-electron chi connectivity index (χ3n) is 4.88. The van der Waals surface area contributed by atoms with Gasteiger partial charge in [0.1, 0.15) is 0 Å². The number of likely N-dealkylation sites (tertiary alicyclic amines) is 2. The van der Waals surface area contributed by atoms with E-state index in [4.69, 9.17) is 11.6 Å². The third kappa shape index (κ3) is 3.57. The molecular formula is C16H24ClN3O. The van der Waals surface area contributed by atoms with Gasteiger partial charge in [0.2, 0.25) is 0 Å². The van der Waals surface area contributed by atoms with Gasteiger partial charge in [-0.05, 0) is 50.4 Å². The number of halogens is 1. The van der Waals surface area contributed by atoms with E-state index >= 15 is 0 Å². The topological polar surface area (TPSA) is 39.6 Å². The zero-order chi connectivity index (χ0) is 14.7. The Hall–Kier alpha value is -0.680. The molecule has 3 heterocycles. The number of nitrogens with zero attached hydrogens (tertiary/aromatic N) is 3. The molecule has 0 amide bonds. The van der Waals surface area contributed by atoms with Gasteiger partial charge < -0.3 is 5.11 Å². The number of aliphatic hydroxyl groups is 1. The van der Waals surface area contributed by atoms with Crippen molar-refractivity contribution in [1.29, 1.82) is 0 Å². The highest BCUT2D eigenvalue weighted by atomic mass is 35.5. The zero-order valence-corrected chi connectivity index (χ0v) is 13.2. The minimum atomic E-state index is 0.295. The first-order valence-corrected chi connectivity index (χ1v) is 8.33. The highest BCUT2D eigenvalue weighted by molar-refractivity contribution is 6.31. The Morgan fingerprint density at radius 1 is 1.19 bits per heavy atom. The fraction of sp³-hybridized carbons (Fsp3) is 0.688. The quantitative estimate of drug-likeness (QED) is 0.905. The lowest BCUT2D eigenvalue weighted by molar-refractivity contribution is 0.120. The predicted octanol–water partition coefficient (Wildman–Crippen LogP) is 2.16. The summed E-state index contributed by atoms with van der Waals surface area (Å²) < 4.78 is 0. The molecule has 0 aliphatic carbocycles. The van der Waals surface area contributed by atoms with Crippen molar-refractivity contribution in [2.24, 2.45) is 0 Å². The van der Waals surface area contributed by atoms with Crippen LogP contribution >= 0.6 is 11.6 Å². The molecule has 2 unspecified atom stereocenters. The molecule has 0 bridgehead atoms. The van der Waals surface area contributed by atoms with Crippen LogP contribution in [0.25, 0.3) is 0 Å². The molecule has 2 fully saturated rings. The maximum atomic E-state index is 9.47. The van der Waals surface area contributed by atoms with Crippen LogP contribution < -0.4 is 0 Å². The molecule has 0 radical (unpaired) electrons. The second kappa shape index (κ2) is 7.05. The van der Waals surface area contributed by atoms with E-state index in [9.17, 15) is 5.11 Å². The van der Waals surface area contributed by atoms with E-state index < -0.39 is 0 Å². The SMILES string of the molecule is OCC1CCCN1CC1CCCN1Cc1ccncc1Cl. The molecule has 116 valence electrons. The Labute approximate surface area is 131 Å². The average molecular weight is 310 g/mol. The fourth-order valence-corrected chi connectivity index (χ4v) is 3.85. The molecule has 4 nitrogen and oxygen atoms in total. The van der Waals surface area contributed by atoms with E-state index in [2.05, 4.69) is 14.8 Å². The van der Waals surface area contributed by atoms with Crippen molar-refractivity contribution in [3.63, 3.8) is 0 Å². The van der Waals surface area contributed by atoms with Gasteiger partial charge in [0, 0.05) is 37.6 Å². The van der Waals surface area contributed by atoms with E-state index in [0.29, 0.717) is 18.7 Å². The van der Waals surface area contributed by atoms with Gasteiger partial charge >= 0.3 is 0 Å². The van der Waals surface area contributed by atoms with Gasteiger partial charge in [0.05, 0.1) is 11.6 Å². The van der Waals surface area contributed by atoms with Crippen molar-refractivity contribution >= 4 is 11.6 Å². The average Bonchev–Trinajstić information content (AvgIpc) is 3.11. The molecule has 2 aliphatic rings. The molecule has 3 rings (SSSR count). The van der Waals surface area contributed by atoms with Crippen LogP contribution in [0.3, 0.4) is 0 Å². The van der Waals surface area contributed by atoms with Crippen LogP contribution in [0.4, 0.5) is 0 Å². The fourth-order valence-electron chi connectivity index (χ4n) is 3.67. The molecule has 5 heteroatoms. The molecule has 2 aliphatic heterocycles. The highest BCUT2D eigenvalue weighted by Gasteiger charge is 2.31. The first-order valence-electron chi connectivity index (χ1n) is 7.95. The zero-order valence-electron chi connectivity index (χ0n) is 12.4. The summed E-state index contributed by atoms with van der Waals surface area (Å²) >= 11 is 6.23. The van der Waals surface area contributed by atoms with Gasteiger partial charge in [-0.3, -0.25) is 14.8 Å². The molecule has 2 atom stereocenters. The largest absolute Gasteiger partial charge is 0.395 e. The molecule has 1 aromatic heterocycles. The van der Waals surface area contributed by atoms with Crippen molar-refractivity contribution in [2.75, 3.05) is 26.2 Å². The van der Waals surface area contributed by atoms with Crippen LogP contribution in [0, 0.1) is 0 Å². The van der Waals surface area contributed by atoms with Crippen LogP contribution in [0.5, 0.6) is 0 Å². The summed E-state index contributed by atoms with van der Waals surface area (Å²) in [6.45, 7) is 4.55. The summed E-state index contributed by atoms with van der Waals surface area (Å²) in [5.41, 5.74) is 1.17. The van der Waals surface area contributed by atoms with Crippen molar-refractivity contribution < 1.29 is 5.11 Å². The minimum Gasteiger partial charge on any atom is -0.395 e. The Balaban J connectivity index is 1.62. The van der Waals surface area contributed by atoms with Gasteiger partial charge in [0.25, 0.3) is 0 Å². The van der Waals surface area contributed by atoms with Crippen LogP contribution in [-0.2, 0) is 6.54 Å². The van der Waals surface area contributed by atoms with E-state index in [1.165, 1.54) is 24.8 Å². The molecule has 0 aromatic carbocycles. The summed E-state index contributed by atoms with van der Waals surface area (Å²) in [7, 11) is 0. The van der Waals surface area contributed by atoms with Gasteiger partial charge in [0.15, 0.2) is 0 Å². The summed E-state index contributed by atoms with van der Waals surface area (Å²) in [6.07, 6.45) is 8.40. The Bertz CT molecular complexity index is 471. The Morgan fingerprint density at radius 3 is 2.71 bits per heavy atom. The lowest BCUT2D eigenvalue weighted by Gasteiger charge is -2.31. The van der Waals surface area contributed by atoms with Crippen LogP contribution in [-0.4, -0.2) is 58.2 Å². The Morgan fingerprint density at radius 2 is 1.95 bits per heavy atom. The van der Waals surface area contributed by atoms with E-state index in [1.54, 1.807) is 6.20 Å². The maximum Gasteiger partial charge on any atom is 0.0634 e. The van der Waals surface area contributed by atoms with Gasteiger partial charge in [-0.25, -0.2) is 0 Å². The molecule has 1 N–H and O–H groups in total. The van der Waals surface area contributed by atoms with Gasteiger partial charge in [-0.1, -0.05) is 11.6 Å². The molecular weight excluding hydrogens is 286 g/mol. The van der Waals surface area contributed by atoms with Crippen LogP contribution in [0.15, 0.2) is 18.5 Å². The minimum absolute atomic E-state index is 0.295. The number of aliphatic hydroxyl groups excluding tert-OH is 1. The predicted molar refractivity (Wildman–Crippen MR) is 84.4 cm³/mol. The molecule has 1 aromatic rings. The van der Waals surface area contributed by atoms with Crippen molar-refractivity contribution in [3.8, 4) is 0 Å². The van der Waals surface area contributed by atoms with E-state index in [1.807, 2.05) is 12.3 Å². The molecule has 0 spiro atoms. The maximum absolute atomic E-state index is 9.47. The summed E-state index contributed by atoms with van der Waals surface area (Å²) in [4.78, 5) is 9.06. The normalized spacial score (nSPS) is 27.5. The summed E-state index contributed by atoms with van der Waals surface area (Å²) in [6, 6.07) is 2.97. The monoisotopic (exact) mass is 309 g/mol. The van der Waals surface area contributed by atoms with Crippen molar-refractivity contribution in [1.82, 2.24) is 14.8 Å². The second-order valence-electron chi connectivity index (χ2n) is 6.21. The Kier molecular flexibility index (Phi) is 5.11. The lowest BCUT2D eigenvalue weighted by Crippen LogP contribution is -2.43. The number of pyridine rings is 1. The second-order valence-corrected chi connectivity index (χ2v) is 6.61. The van der Waals surface area contributed by atoms with Gasteiger partial charge in [-0.2, -0.15) is 0 Å². The first kappa shape index (κ1) is 15.2. The van der Waals surface area contributed by atoms with E-state index in [-0.39, 0.29) is 0 Å². The standard InChI is InChI=1S/C16H24ClN3O/c17-16-9-18-6-5-13(16)10-19-7-1-3-14(19)11-20-8-2-4-15(20)12-21/h5-6,9,14-15,21H,1-4,7-8,10-12H2. The number of hydrogen-bond donors (Lipinski definition) is 1. The van der Waals surface area contributed by atoms with Crippen LogP contribution in [0.1, 0.15) is 31.2 Å². The van der Waals surface area contributed by atoms with Crippen LogP contribution in [0.2, 0.25) is 5.02 Å². The summed E-state index contributed by atoms with van der Waals surface area (Å²) in [5.74, 6) is 0. The molecule has 21 heavy (non-hydrogen) atoms. The summed E-state index contributed by atoms with van der Waals surface area (Å²) in [5, 5.41) is 10.2. The third-order valence-corrected chi connectivity index (χ3v) is 5.22. The van der Waals surface area contributed by atoms with Gasteiger partial charge in [-0.15, -0.1) is 0 Å². The molecule has 2 saturated heterocycles.